The highest BCUT2D eigenvalue weighted by molar-refractivity contribution is 5.90. The number of aryl methyl sites for hydroxylation is 2. The second kappa shape index (κ2) is 6.09. The van der Waals surface area contributed by atoms with Crippen molar-refractivity contribution >= 4 is 5.97 Å². The van der Waals surface area contributed by atoms with Crippen LogP contribution in [0.5, 0.6) is 5.75 Å². The summed E-state index contributed by atoms with van der Waals surface area (Å²) in [5.41, 5.74) is 2.41. The molecule has 0 heterocycles. The number of hydrogen-bond donors (Lipinski definition) is 0. The molecule has 0 saturated heterocycles. The minimum atomic E-state index is -0.297. The molecule has 0 bridgehead atoms. The predicted octanol–water partition coefficient (Wildman–Crippen LogP) is 3.04. The molecule has 0 unspecified atom stereocenters. The normalized spacial score (nSPS) is 9.82. The van der Waals surface area contributed by atoms with Gasteiger partial charge in [-0.2, -0.15) is 0 Å². The highest BCUT2D eigenvalue weighted by atomic mass is 16.5. The van der Waals surface area contributed by atoms with Gasteiger partial charge in [0.15, 0.2) is 0 Å². The summed E-state index contributed by atoms with van der Waals surface area (Å²) in [4.78, 5) is 11.6. The molecule has 17 heavy (non-hydrogen) atoms. The van der Waals surface area contributed by atoms with E-state index in [0.717, 1.165) is 16.9 Å². The van der Waals surface area contributed by atoms with E-state index in [9.17, 15) is 4.79 Å². The van der Waals surface area contributed by atoms with E-state index in [-0.39, 0.29) is 5.97 Å². The van der Waals surface area contributed by atoms with Crippen molar-refractivity contribution in [3.8, 4) is 5.75 Å². The molecular weight excluding hydrogens is 216 g/mol. The summed E-state index contributed by atoms with van der Waals surface area (Å²) >= 11 is 0. The smallest absolute Gasteiger partial charge is 0.338 e. The number of ether oxygens (including phenoxy) is 2. The molecule has 0 amide bonds. The molecule has 3 nitrogen and oxygen atoms in total. The van der Waals surface area contributed by atoms with E-state index in [4.69, 9.17) is 9.47 Å². The fraction of sp³-hybridized carbons (Fsp3) is 0.357. The summed E-state index contributed by atoms with van der Waals surface area (Å²) < 4.78 is 10.5. The highest BCUT2D eigenvalue weighted by Crippen LogP contribution is 2.25. The molecule has 1 aromatic carbocycles. The van der Waals surface area contributed by atoms with Gasteiger partial charge in [0.2, 0.25) is 0 Å². The van der Waals surface area contributed by atoms with Crippen LogP contribution >= 0.6 is 0 Å². The molecule has 1 rings (SSSR count). The van der Waals surface area contributed by atoms with Gasteiger partial charge in [-0.3, -0.25) is 0 Å². The fourth-order valence-corrected chi connectivity index (χ4v) is 1.65. The average Bonchev–Trinajstić information content (AvgIpc) is 2.28. The summed E-state index contributed by atoms with van der Waals surface area (Å²) in [6.07, 6.45) is 1.69. The van der Waals surface area contributed by atoms with Gasteiger partial charge >= 0.3 is 5.97 Å². The largest absolute Gasteiger partial charge is 0.489 e. The molecule has 0 N–H and O–H groups in total. The first-order valence-electron chi connectivity index (χ1n) is 5.62. The number of benzene rings is 1. The second-order valence-corrected chi connectivity index (χ2v) is 3.76. The van der Waals surface area contributed by atoms with Crippen LogP contribution < -0.4 is 4.74 Å². The van der Waals surface area contributed by atoms with E-state index < -0.39 is 0 Å². The van der Waals surface area contributed by atoms with Gasteiger partial charge in [-0.15, -0.1) is 0 Å². The van der Waals surface area contributed by atoms with Gasteiger partial charge in [0, 0.05) is 0 Å². The molecule has 92 valence electrons. The molecule has 0 atom stereocenters. The Morgan fingerprint density at radius 3 is 2.41 bits per heavy atom. The lowest BCUT2D eigenvalue weighted by Gasteiger charge is -2.12. The molecule has 1 aromatic rings. The van der Waals surface area contributed by atoms with Crippen molar-refractivity contribution in [1.29, 1.82) is 0 Å². The zero-order chi connectivity index (χ0) is 12.8. The van der Waals surface area contributed by atoms with Crippen LogP contribution in [0.4, 0.5) is 0 Å². The molecule has 0 spiro atoms. The molecule has 0 radical (unpaired) electrons. The van der Waals surface area contributed by atoms with Gasteiger partial charge in [-0.05, 0) is 44.0 Å². The number of hydrogen-bond acceptors (Lipinski definition) is 3. The third-order valence-corrected chi connectivity index (χ3v) is 2.32. The zero-order valence-corrected chi connectivity index (χ0v) is 10.6. The lowest BCUT2D eigenvalue weighted by atomic mass is 10.1. The summed E-state index contributed by atoms with van der Waals surface area (Å²) in [6, 6.07) is 3.56. The van der Waals surface area contributed by atoms with E-state index in [2.05, 4.69) is 6.58 Å². The molecule has 0 aliphatic carbocycles. The maximum Gasteiger partial charge on any atom is 0.338 e. The lowest BCUT2D eigenvalue weighted by molar-refractivity contribution is 0.0526. The third-order valence-electron chi connectivity index (χ3n) is 2.32. The Morgan fingerprint density at radius 1 is 1.35 bits per heavy atom. The highest BCUT2D eigenvalue weighted by Gasteiger charge is 2.11. The summed E-state index contributed by atoms with van der Waals surface area (Å²) in [5, 5.41) is 0. The zero-order valence-electron chi connectivity index (χ0n) is 10.6. The molecule has 3 heteroatoms. The van der Waals surface area contributed by atoms with Crippen LogP contribution in [0.15, 0.2) is 24.8 Å². The van der Waals surface area contributed by atoms with Crippen molar-refractivity contribution in [2.75, 3.05) is 13.2 Å². The molecule has 0 fully saturated rings. The second-order valence-electron chi connectivity index (χ2n) is 3.76. The predicted molar refractivity (Wildman–Crippen MR) is 67.6 cm³/mol. The van der Waals surface area contributed by atoms with E-state index >= 15 is 0 Å². The summed E-state index contributed by atoms with van der Waals surface area (Å²) in [7, 11) is 0. The Hall–Kier alpha value is -1.77. The van der Waals surface area contributed by atoms with Crippen LogP contribution in [-0.2, 0) is 4.74 Å². The maximum atomic E-state index is 11.6. The molecule has 0 aliphatic rings. The third kappa shape index (κ3) is 3.34. The Labute approximate surface area is 102 Å². The van der Waals surface area contributed by atoms with Crippen molar-refractivity contribution in [1.82, 2.24) is 0 Å². The number of carbonyl (C=O) groups is 1. The Kier molecular flexibility index (Phi) is 4.76. The SMILES string of the molecule is C=CCOc1c(C)cc(C(=O)OCC)cc1C. The molecule has 0 saturated carbocycles. The topological polar surface area (TPSA) is 35.5 Å². The van der Waals surface area contributed by atoms with Crippen molar-refractivity contribution in [3.05, 3.63) is 41.5 Å². The monoisotopic (exact) mass is 234 g/mol. The van der Waals surface area contributed by atoms with Gasteiger partial charge in [-0.1, -0.05) is 12.7 Å². The Morgan fingerprint density at radius 2 is 1.94 bits per heavy atom. The van der Waals surface area contributed by atoms with E-state index in [1.807, 2.05) is 13.8 Å². The first-order valence-corrected chi connectivity index (χ1v) is 5.62. The van der Waals surface area contributed by atoms with Crippen LogP contribution in [0.25, 0.3) is 0 Å². The first-order chi connectivity index (χ1) is 8.10. The van der Waals surface area contributed by atoms with Crippen LogP contribution in [0.1, 0.15) is 28.4 Å². The van der Waals surface area contributed by atoms with Crippen molar-refractivity contribution in [3.63, 3.8) is 0 Å². The average molecular weight is 234 g/mol. The van der Waals surface area contributed by atoms with Gasteiger partial charge in [-0.25, -0.2) is 4.79 Å². The number of esters is 1. The van der Waals surface area contributed by atoms with E-state index in [1.165, 1.54) is 0 Å². The van der Waals surface area contributed by atoms with Crippen LogP contribution in [0.2, 0.25) is 0 Å². The number of carbonyl (C=O) groups excluding carboxylic acids is 1. The Balaban J connectivity index is 3.00. The minimum absolute atomic E-state index is 0.297. The van der Waals surface area contributed by atoms with E-state index in [1.54, 1.807) is 25.1 Å². The lowest BCUT2D eigenvalue weighted by Crippen LogP contribution is -2.06. The van der Waals surface area contributed by atoms with Crippen molar-refractivity contribution in [2.45, 2.75) is 20.8 Å². The van der Waals surface area contributed by atoms with Gasteiger partial charge < -0.3 is 9.47 Å². The first kappa shape index (κ1) is 13.3. The van der Waals surface area contributed by atoms with Crippen molar-refractivity contribution in [2.24, 2.45) is 0 Å². The number of rotatable bonds is 5. The Bertz CT molecular complexity index is 398. The van der Waals surface area contributed by atoms with E-state index in [0.29, 0.717) is 18.8 Å². The van der Waals surface area contributed by atoms with Crippen LogP contribution in [0, 0.1) is 13.8 Å². The minimum Gasteiger partial charge on any atom is -0.489 e. The van der Waals surface area contributed by atoms with Gasteiger partial charge in [0.1, 0.15) is 12.4 Å². The molecular formula is C14H18O3. The molecule has 0 aliphatic heterocycles. The fourth-order valence-electron chi connectivity index (χ4n) is 1.65. The maximum absolute atomic E-state index is 11.6. The quantitative estimate of drug-likeness (QED) is 0.580. The van der Waals surface area contributed by atoms with Crippen molar-refractivity contribution < 1.29 is 14.3 Å². The summed E-state index contributed by atoms with van der Waals surface area (Å²) in [6.45, 7) is 10.1. The molecule has 0 aromatic heterocycles. The summed E-state index contributed by atoms with van der Waals surface area (Å²) in [5.74, 6) is 0.506. The van der Waals surface area contributed by atoms with Gasteiger partial charge in [0.25, 0.3) is 0 Å². The van der Waals surface area contributed by atoms with Crippen LogP contribution in [-0.4, -0.2) is 19.2 Å². The van der Waals surface area contributed by atoms with Crippen LogP contribution in [0.3, 0.4) is 0 Å². The standard InChI is InChI=1S/C14H18O3/c1-5-7-17-13-10(3)8-12(9-11(13)4)14(15)16-6-2/h5,8-9H,1,6-7H2,2-4H3. The van der Waals surface area contributed by atoms with Gasteiger partial charge in [0.05, 0.1) is 12.2 Å².